The van der Waals surface area contributed by atoms with Crippen molar-refractivity contribution < 1.29 is 4.79 Å². The molecule has 0 heterocycles. The second-order valence-corrected chi connectivity index (χ2v) is 4.40. The van der Waals surface area contributed by atoms with E-state index in [-0.39, 0.29) is 11.3 Å². The van der Waals surface area contributed by atoms with Crippen molar-refractivity contribution in [1.29, 1.82) is 0 Å². The lowest BCUT2D eigenvalue weighted by atomic mass is 10.1. The number of nitrogens with zero attached hydrogens (tertiary/aromatic N) is 1. The molecule has 14 heavy (non-hydrogen) atoms. The number of amides is 1. The van der Waals surface area contributed by atoms with Gasteiger partial charge in [-0.25, -0.2) is 0 Å². The number of unbranched alkanes of at least 4 members (excludes halogenated alkanes) is 3. The summed E-state index contributed by atoms with van der Waals surface area (Å²) in [5.74, 6) is 0.244. The minimum atomic E-state index is -0.237. The molecule has 1 aliphatic rings. The topological polar surface area (TPSA) is 20.3 Å². The number of carbonyl (C=O) groups excluding carboxylic acids is 1. The third-order valence-corrected chi connectivity index (χ3v) is 2.82. The van der Waals surface area contributed by atoms with E-state index in [1.54, 1.807) is 0 Å². The molecule has 0 N–H and O–H groups in total. The van der Waals surface area contributed by atoms with E-state index in [1.165, 1.54) is 19.3 Å². The molecule has 2 nitrogen and oxygen atoms in total. The second kappa shape index (κ2) is 4.63. The van der Waals surface area contributed by atoms with Gasteiger partial charge in [-0.15, -0.1) is 0 Å². The van der Waals surface area contributed by atoms with Crippen molar-refractivity contribution in [3.63, 3.8) is 0 Å². The molecule has 1 aliphatic carbocycles. The van der Waals surface area contributed by atoms with Gasteiger partial charge in [-0.3, -0.25) is 4.79 Å². The molecule has 2 heteroatoms. The summed E-state index contributed by atoms with van der Waals surface area (Å²) in [6, 6.07) is 0. The summed E-state index contributed by atoms with van der Waals surface area (Å²) < 4.78 is 0. The van der Waals surface area contributed by atoms with E-state index in [4.69, 9.17) is 0 Å². The fourth-order valence-corrected chi connectivity index (χ4v) is 1.56. The standard InChI is InChI=1S/C12H21NO/c1-4-5-6-7-10-13(3)11(14)12(2)8-9-12/h8-9H,4-7,10H2,1-3H3. The first kappa shape index (κ1) is 11.3. The Balaban J connectivity index is 2.15. The third kappa shape index (κ3) is 2.86. The molecule has 0 saturated carbocycles. The minimum absolute atomic E-state index is 0.237. The molecule has 0 atom stereocenters. The van der Waals surface area contributed by atoms with Crippen LogP contribution in [0.4, 0.5) is 0 Å². The number of hydrogen-bond donors (Lipinski definition) is 0. The lowest BCUT2D eigenvalue weighted by Gasteiger charge is -2.21. The number of carbonyl (C=O) groups is 1. The molecular weight excluding hydrogens is 174 g/mol. The smallest absolute Gasteiger partial charge is 0.235 e. The zero-order valence-corrected chi connectivity index (χ0v) is 9.55. The second-order valence-electron chi connectivity index (χ2n) is 4.40. The Morgan fingerprint density at radius 2 is 1.93 bits per heavy atom. The summed E-state index contributed by atoms with van der Waals surface area (Å²) in [5.41, 5.74) is -0.237. The SMILES string of the molecule is CCCCCCN(C)C(=O)C1(C)C=C1. The average molecular weight is 195 g/mol. The highest BCUT2D eigenvalue weighted by molar-refractivity contribution is 5.90. The van der Waals surface area contributed by atoms with Crippen LogP contribution in [0.3, 0.4) is 0 Å². The highest BCUT2D eigenvalue weighted by Crippen LogP contribution is 2.35. The van der Waals surface area contributed by atoms with Gasteiger partial charge in [0.25, 0.3) is 0 Å². The van der Waals surface area contributed by atoms with Gasteiger partial charge in [0, 0.05) is 13.6 Å². The molecule has 0 aromatic rings. The molecule has 0 aliphatic heterocycles. The van der Waals surface area contributed by atoms with Gasteiger partial charge in [0.1, 0.15) is 0 Å². The maximum atomic E-state index is 11.8. The van der Waals surface area contributed by atoms with Crippen molar-refractivity contribution in [3.8, 4) is 0 Å². The van der Waals surface area contributed by atoms with Crippen LogP contribution in [-0.2, 0) is 4.79 Å². The minimum Gasteiger partial charge on any atom is -0.345 e. The lowest BCUT2D eigenvalue weighted by Crippen LogP contribution is -2.34. The van der Waals surface area contributed by atoms with E-state index in [0.29, 0.717) is 0 Å². The maximum absolute atomic E-state index is 11.8. The Kier molecular flexibility index (Phi) is 3.73. The van der Waals surface area contributed by atoms with Crippen molar-refractivity contribution in [1.82, 2.24) is 4.90 Å². The van der Waals surface area contributed by atoms with Crippen LogP contribution < -0.4 is 0 Å². The van der Waals surface area contributed by atoms with Crippen molar-refractivity contribution >= 4 is 5.91 Å². The van der Waals surface area contributed by atoms with Gasteiger partial charge < -0.3 is 4.90 Å². The summed E-state index contributed by atoms with van der Waals surface area (Å²) in [5, 5.41) is 0. The van der Waals surface area contributed by atoms with E-state index < -0.39 is 0 Å². The van der Waals surface area contributed by atoms with Gasteiger partial charge in [0.15, 0.2) is 0 Å². The van der Waals surface area contributed by atoms with Crippen LogP contribution in [0.15, 0.2) is 12.2 Å². The van der Waals surface area contributed by atoms with E-state index >= 15 is 0 Å². The van der Waals surface area contributed by atoms with Gasteiger partial charge in [-0.2, -0.15) is 0 Å². The average Bonchev–Trinajstić information content (AvgIpc) is 2.91. The Hall–Kier alpha value is -0.790. The Morgan fingerprint density at radius 3 is 2.43 bits per heavy atom. The van der Waals surface area contributed by atoms with Crippen molar-refractivity contribution in [3.05, 3.63) is 12.2 Å². The fraction of sp³-hybridized carbons (Fsp3) is 0.750. The number of hydrogen-bond acceptors (Lipinski definition) is 1. The molecular formula is C12H21NO. The summed E-state index contributed by atoms with van der Waals surface area (Å²) in [6.45, 7) is 5.07. The van der Waals surface area contributed by atoms with Crippen LogP contribution in [0.1, 0.15) is 39.5 Å². The van der Waals surface area contributed by atoms with E-state index in [2.05, 4.69) is 6.92 Å². The molecule has 0 aromatic heterocycles. The summed E-state index contributed by atoms with van der Waals surface area (Å²) in [4.78, 5) is 13.6. The van der Waals surface area contributed by atoms with Gasteiger partial charge in [0.2, 0.25) is 5.91 Å². The maximum Gasteiger partial charge on any atom is 0.235 e. The van der Waals surface area contributed by atoms with Gasteiger partial charge in [-0.05, 0) is 13.3 Å². The summed E-state index contributed by atoms with van der Waals surface area (Å²) in [6.07, 6.45) is 8.83. The van der Waals surface area contributed by atoms with Crippen molar-refractivity contribution in [2.45, 2.75) is 39.5 Å². The van der Waals surface area contributed by atoms with E-state index in [9.17, 15) is 4.79 Å². The Bertz CT molecular complexity index is 226. The normalized spacial score (nSPS) is 16.8. The van der Waals surface area contributed by atoms with Crippen LogP contribution in [0.5, 0.6) is 0 Å². The van der Waals surface area contributed by atoms with Crippen LogP contribution in [0.25, 0.3) is 0 Å². The van der Waals surface area contributed by atoms with Crippen LogP contribution in [0, 0.1) is 5.41 Å². The molecule has 0 radical (unpaired) electrons. The molecule has 0 bridgehead atoms. The van der Waals surface area contributed by atoms with Crippen LogP contribution in [0.2, 0.25) is 0 Å². The predicted molar refractivity (Wildman–Crippen MR) is 59.0 cm³/mol. The first-order valence-electron chi connectivity index (χ1n) is 5.56. The first-order valence-corrected chi connectivity index (χ1v) is 5.56. The van der Waals surface area contributed by atoms with E-state index in [0.717, 1.165) is 13.0 Å². The highest BCUT2D eigenvalue weighted by atomic mass is 16.2. The monoisotopic (exact) mass is 195 g/mol. The Morgan fingerprint density at radius 1 is 1.29 bits per heavy atom. The quantitative estimate of drug-likeness (QED) is 0.471. The lowest BCUT2D eigenvalue weighted by molar-refractivity contribution is -0.134. The van der Waals surface area contributed by atoms with Crippen molar-refractivity contribution in [2.24, 2.45) is 5.41 Å². The molecule has 0 aromatic carbocycles. The molecule has 0 spiro atoms. The van der Waals surface area contributed by atoms with E-state index in [1.807, 2.05) is 31.0 Å². The third-order valence-electron chi connectivity index (χ3n) is 2.82. The largest absolute Gasteiger partial charge is 0.345 e. The molecule has 80 valence electrons. The van der Waals surface area contributed by atoms with Gasteiger partial charge in [0.05, 0.1) is 5.41 Å². The predicted octanol–water partition coefficient (Wildman–Crippen LogP) is 2.60. The highest BCUT2D eigenvalue weighted by Gasteiger charge is 2.38. The van der Waals surface area contributed by atoms with Crippen molar-refractivity contribution in [2.75, 3.05) is 13.6 Å². The molecule has 0 fully saturated rings. The van der Waals surface area contributed by atoms with Crippen LogP contribution in [-0.4, -0.2) is 24.4 Å². The molecule has 1 amide bonds. The molecule has 1 rings (SSSR count). The summed E-state index contributed by atoms with van der Waals surface area (Å²) in [7, 11) is 1.90. The summed E-state index contributed by atoms with van der Waals surface area (Å²) >= 11 is 0. The van der Waals surface area contributed by atoms with Gasteiger partial charge >= 0.3 is 0 Å². The molecule has 0 unspecified atom stereocenters. The fourth-order valence-electron chi connectivity index (χ4n) is 1.56. The number of rotatable bonds is 6. The zero-order valence-electron chi connectivity index (χ0n) is 9.55. The van der Waals surface area contributed by atoms with Gasteiger partial charge in [-0.1, -0.05) is 38.3 Å². The van der Waals surface area contributed by atoms with Crippen LogP contribution >= 0.6 is 0 Å². The molecule has 0 saturated heterocycles. The first-order chi connectivity index (χ1) is 6.60. The Labute approximate surface area is 87.0 Å². The zero-order chi connectivity index (χ0) is 10.6.